The predicted molar refractivity (Wildman–Crippen MR) is 56.3 cm³/mol. The lowest BCUT2D eigenvalue weighted by molar-refractivity contribution is 0.512. The molecule has 0 fully saturated rings. The van der Waals surface area contributed by atoms with Crippen molar-refractivity contribution in [3.63, 3.8) is 0 Å². The number of unbranched alkanes of at least 4 members (excludes halogenated alkanes) is 1. The number of rotatable bonds is 5. The first kappa shape index (κ1) is 11.5. The molecule has 0 aliphatic carbocycles. The highest BCUT2D eigenvalue weighted by Crippen LogP contribution is 2.11. The minimum absolute atomic E-state index is 0.830. The third kappa shape index (κ3) is 7.63. The highest BCUT2D eigenvalue weighted by atomic mass is 14.0. The lowest BCUT2D eigenvalue weighted by Gasteiger charge is -2.05. The molecule has 1 unspecified atom stereocenters. The molecule has 0 amide bonds. The maximum absolute atomic E-state index is 3.24. The fourth-order valence-electron chi connectivity index (χ4n) is 1.13. The molecule has 0 spiro atoms. The second kappa shape index (κ2) is 7.18. The molecule has 12 heavy (non-hydrogen) atoms. The van der Waals surface area contributed by atoms with Crippen molar-refractivity contribution in [3.05, 3.63) is 17.4 Å². The third-order valence-corrected chi connectivity index (χ3v) is 1.96. The fraction of sp³-hybridized carbons (Fsp3) is 0.750. The molecule has 1 atom stereocenters. The first-order valence-corrected chi connectivity index (χ1v) is 5.05. The average molecular weight is 166 g/mol. The highest BCUT2D eigenvalue weighted by Gasteiger charge is 1.96. The SMILES string of the molecule is CCCCC(C)CC=C=C(C)C. The molecule has 0 nitrogen and oxygen atoms in total. The van der Waals surface area contributed by atoms with Crippen LogP contribution in [0.5, 0.6) is 0 Å². The van der Waals surface area contributed by atoms with Gasteiger partial charge in [0.1, 0.15) is 0 Å². The lowest BCUT2D eigenvalue weighted by Crippen LogP contribution is -1.91. The van der Waals surface area contributed by atoms with E-state index < -0.39 is 0 Å². The third-order valence-electron chi connectivity index (χ3n) is 1.96. The van der Waals surface area contributed by atoms with E-state index in [0.29, 0.717) is 0 Å². The van der Waals surface area contributed by atoms with Crippen LogP contribution >= 0.6 is 0 Å². The molecule has 0 radical (unpaired) electrons. The van der Waals surface area contributed by atoms with Gasteiger partial charge in [0.2, 0.25) is 0 Å². The van der Waals surface area contributed by atoms with Gasteiger partial charge >= 0.3 is 0 Å². The number of allylic oxidation sites excluding steroid dienone is 1. The van der Waals surface area contributed by atoms with Crippen LogP contribution < -0.4 is 0 Å². The average Bonchev–Trinajstić information content (AvgIpc) is 2.00. The molecule has 0 aliphatic heterocycles. The molecular weight excluding hydrogens is 144 g/mol. The van der Waals surface area contributed by atoms with Crippen LogP contribution in [-0.2, 0) is 0 Å². The van der Waals surface area contributed by atoms with Crippen LogP contribution in [0.3, 0.4) is 0 Å². The van der Waals surface area contributed by atoms with Gasteiger partial charge in [-0.2, -0.15) is 0 Å². The van der Waals surface area contributed by atoms with Gasteiger partial charge in [0.05, 0.1) is 0 Å². The van der Waals surface area contributed by atoms with Crippen LogP contribution in [0.15, 0.2) is 17.4 Å². The Bertz CT molecular complexity index is 155. The van der Waals surface area contributed by atoms with E-state index >= 15 is 0 Å². The Hall–Kier alpha value is -0.480. The Balaban J connectivity index is 3.56. The second-order valence-corrected chi connectivity index (χ2v) is 3.83. The predicted octanol–water partition coefficient (Wildman–Crippen LogP) is 4.32. The van der Waals surface area contributed by atoms with Gasteiger partial charge in [0.15, 0.2) is 0 Å². The zero-order valence-corrected chi connectivity index (χ0v) is 8.98. The van der Waals surface area contributed by atoms with Gasteiger partial charge in [0.25, 0.3) is 0 Å². The molecule has 0 bridgehead atoms. The van der Waals surface area contributed by atoms with Crippen molar-refractivity contribution in [2.45, 2.75) is 53.4 Å². The zero-order valence-electron chi connectivity index (χ0n) is 8.98. The van der Waals surface area contributed by atoms with E-state index in [1.54, 1.807) is 0 Å². The van der Waals surface area contributed by atoms with E-state index in [1.807, 2.05) is 0 Å². The molecule has 0 heteroatoms. The largest absolute Gasteiger partial charge is 0.127 e. The Morgan fingerprint density at radius 3 is 2.58 bits per heavy atom. The topological polar surface area (TPSA) is 0 Å². The summed E-state index contributed by atoms with van der Waals surface area (Å²) in [7, 11) is 0. The van der Waals surface area contributed by atoms with E-state index in [2.05, 4.69) is 39.5 Å². The molecule has 0 saturated carbocycles. The van der Waals surface area contributed by atoms with Crippen LogP contribution in [0.25, 0.3) is 0 Å². The monoisotopic (exact) mass is 166 g/mol. The van der Waals surface area contributed by atoms with Crippen molar-refractivity contribution in [3.8, 4) is 0 Å². The van der Waals surface area contributed by atoms with Gasteiger partial charge in [-0.1, -0.05) is 33.1 Å². The molecule has 0 aliphatic rings. The summed E-state index contributed by atoms with van der Waals surface area (Å²) in [5.41, 5.74) is 4.52. The first-order chi connectivity index (χ1) is 5.66. The van der Waals surface area contributed by atoms with Crippen LogP contribution in [0.1, 0.15) is 53.4 Å². The van der Waals surface area contributed by atoms with Gasteiger partial charge in [-0.3, -0.25) is 0 Å². The van der Waals surface area contributed by atoms with Crippen LogP contribution in [0.4, 0.5) is 0 Å². The van der Waals surface area contributed by atoms with Crippen molar-refractivity contribution >= 4 is 0 Å². The maximum atomic E-state index is 3.24. The van der Waals surface area contributed by atoms with Gasteiger partial charge in [-0.15, -0.1) is 5.73 Å². The maximum Gasteiger partial charge on any atom is -0.0249 e. The molecule has 0 heterocycles. The quantitative estimate of drug-likeness (QED) is 0.533. The number of hydrogen-bond donors (Lipinski definition) is 0. The number of hydrogen-bond acceptors (Lipinski definition) is 0. The van der Waals surface area contributed by atoms with E-state index in [-0.39, 0.29) is 0 Å². The minimum Gasteiger partial charge on any atom is -0.127 e. The van der Waals surface area contributed by atoms with Crippen LogP contribution in [0, 0.1) is 5.92 Å². The van der Waals surface area contributed by atoms with Crippen molar-refractivity contribution in [1.82, 2.24) is 0 Å². The van der Waals surface area contributed by atoms with E-state index in [4.69, 9.17) is 0 Å². The smallest absolute Gasteiger partial charge is 0.0249 e. The minimum atomic E-state index is 0.830. The summed E-state index contributed by atoms with van der Waals surface area (Å²) in [5.74, 6) is 0.830. The molecule has 0 saturated heterocycles. The lowest BCUT2D eigenvalue weighted by atomic mass is 10.0. The van der Waals surface area contributed by atoms with E-state index in [0.717, 1.165) is 5.92 Å². The summed E-state index contributed by atoms with van der Waals surface area (Å²) in [6.45, 7) is 8.75. The normalized spacial score (nSPS) is 12.0. The first-order valence-electron chi connectivity index (χ1n) is 5.05. The van der Waals surface area contributed by atoms with E-state index in [9.17, 15) is 0 Å². The zero-order chi connectivity index (χ0) is 9.40. The second-order valence-electron chi connectivity index (χ2n) is 3.83. The summed E-state index contributed by atoms with van der Waals surface area (Å²) >= 11 is 0. The Morgan fingerprint density at radius 2 is 2.08 bits per heavy atom. The Kier molecular flexibility index (Phi) is 6.90. The van der Waals surface area contributed by atoms with Crippen molar-refractivity contribution in [2.75, 3.05) is 0 Å². The summed E-state index contributed by atoms with van der Waals surface area (Å²) in [4.78, 5) is 0. The molecule has 0 aromatic rings. The molecule has 0 aromatic carbocycles. The van der Waals surface area contributed by atoms with Crippen LogP contribution in [-0.4, -0.2) is 0 Å². The fourth-order valence-corrected chi connectivity index (χ4v) is 1.13. The molecule has 0 rings (SSSR count). The Labute approximate surface area is 77.4 Å². The summed E-state index contributed by atoms with van der Waals surface area (Å²) in [6, 6.07) is 0. The van der Waals surface area contributed by atoms with Crippen molar-refractivity contribution in [2.24, 2.45) is 5.92 Å². The summed E-state index contributed by atoms with van der Waals surface area (Å²) in [5, 5.41) is 0. The molecular formula is C12H22. The Morgan fingerprint density at radius 1 is 1.42 bits per heavy atom. The standard InChI is InChI=1S/C12H22/c1-5-6-9-12(4)10-7-8-11(2)3/h7,12H,5-6,9-10H2,1-4H3. The van der Waals surface area contributed by atoms with Gasteiger partial charge < -0.3 is 0 Å². The van der Waals surface area contributed by atoms with Crippen molar-refractivity contribution < 1.29 is 0 Å². The van der Waals surface area contributed by atoms with Crippen molar-refractivity contribution in [1.29, 1.82) is 0 Å². The molecule has 0 aromatic heterocycles. The van der Waals surface area contributed by atoms with Crippen LogP contribution in [0.2, 0.25) is 0 Å². The van der Waals surface area contributed by atoms with Gasteiger partial charge in [-0.25, -0.2) is 0 Å². The summed E-state index contributed by atoms with van der Waals surface area (Å²) in [6.07, 6.45) is 7.40. The van der Waals surface area contributed by atoms with E-state index in [1.165, 1.54) is 31.3 Å². The van der Waals surface area contributed by atoms with Gasteiger partial charge in [0, 0.05) is 0 Å². The van der Waals surface area contributed by atoms with Gasteiger partial charge in [-0.05, 0) is 37.8 Å². The molecule has 0 N–H and O–H groups in total. The highest BCUT2D eigenvalue weighted by molar-refractivity contribution is 4.94. The molecule has 70 valence electrons. The summed E-state index contributed by atoms with van der Waals surface area (Å²) < 4.78 is 0.